The van der Waals surface area contributed by atoms with Gasteiger partial charge >= 0.3 is 6.03 Å². The summed E-state index contributed by atoms with van der Waals surface area (Å²) in [6.45, 7) is 10.0. The number of benzene rings is 1. The van der Waals surface area contributed by atoms with Crippen LogP contribution in [0.1, 0.15) is 53.0 Å². The highest BCUT2D eigenvalue weighted by molar-refractivity contribution is 6.06. The molecule has 1 fully saturated rings. The number of carbonyl (C=O) groups is 2. The molecule has 144 valence electrons. The predicted molar refractivity (Wildman–Crippen MR) is 100 cm³/mol. The lowest BCUT2D eigenvalue weighted by Gasteiger charge is -2.22. The molecule has 0 saturated carbocycles. The van der Waals surface area contributed by atoms with Crippen LogP contribution in [0.2, 0.25) is 0 Å². The minimum Gasteiger partial charge on any atom is -0.491 e. The average molecular weight is 362 g/mol. The van der Waals surface area contributed by atoms with Crippen molar-refractivity contribution >= 4 is 11.9 Å². The summed E-state index contributed by atoms with van der Waals surface area (Å²) >= 11 is 0. The number of rotatable bonds is 7. The number of urea groups is 1. The normalized spacial score (nSPS) is 21.7. The number of amides is 3. The quantitative estimate of drug-likeness (QED) is 0.731. The zero-order chi connectivity index (χ0) is 19.5. The van der Waals surface area contributed by atoms with E-state index >= 15 is 0 Å². The number of carbonyl (C=O) groups excluding carboxylic acids is 2. The van der Waals surface area contributed by atoms with Crippen LogP contribution in [0.3, 0.4) is 0 Å². The molecular formula is C20H30N2O4. The molecule has 0 aliphatic carbocycles. The van der Waals surface area contributed by atoms with Crippen molar-refractivity contribution in [2.75, 3.05) is 13.2 Å². The van der Waals surface area contributed by atoms with Gasteiger partial charge in [-0.2, -0.15) is 0 Å². The maximum atomic E-state index is 12.5. The number of hydrogen-bond acceptors (Lipinski definition) is 4. The lowest BCUT2D eigenvalue weighted by Crippen LogP contribution is -2.44. The molecule has 0 bridgehead atoms. The molecule has 2 rings (SSSR count). The standard InChI is InChI=1S/C20H30N2O4/c1-6-11-20(5)17(24)22(18(25)21-20)12-15(23)13-26-16-9-7-14(8-10-16)19(2,3)4/h7-10,15,23H,6,11-13H2,1-5H3,(H,21,25). The van der Waals surface area contributed by atoms with Gasteiger partial charge in [0.25, 0.3) is 5.91 Å². The number of ether oxygens (including phenoxy) is 1. The fourth-order valence-corrected chi connectivity index (χ4v) is 3.09. The lowest BCUT2D eigenvalue weighted by atomic mass is 9.87. The summed E-state index contributed by atoms with van der Waals surface area (Å²) in [4.78, 5) is 25.6. The number of β-amino-alcohol motifs (C(OH)–C–C–N with tert-alkyl or cyclic N) is 1. The Morgan fingerprint density at radius 3 is 2.38 bits per heavy atom. The summed E-state index contributed by atoms with van der Waals surface area (Å²) in [5.41, 5.74) is 0.377. The Bertz CT molecular complexity index is 651. The zero-order valence-corrected chi connectivity index (χ0v) is 16.3. The Balaban J connectivity index is 1.90. The van der Waals surface area contributed by atoms with Crippen LogP contribution >= 0.6 is 0 Å². The average Bonchev–Trinajstić information content (AvgIpc) is 2.76. The molecule has 0 radical (unpaired) electrons. The second kappa shape index (κ2) is 7.66. The minimum atomic E-state index is -0.948. The van der Waals surface area contributed by atoms with Gasteiger partial charge in [-0.1, -0.05) is 46.2 Å². The first-order valence-corrected chi connectivity index (χ1v) is 9.12. The molecule has 1 aliphatic rings. The summed E-state index contributed by atoms with van der Waals surface area (Å²) in [6.07, 6.45) is 0.406. The molecule has 1 saturated heterocycles. The highest BCUT2D eigenvalue weighted by Crippen LogP contribution is 2.25. The molecule has 1 aromatic carbocycles. The molecule has 0 spiro atoms. The number of nitrogens with zero attached hydrogens (tertiary/aromatic N) is 1. The first-order valence-electron chi connectivity index (χ1n) is 9.12. The van der Waals surface area contributed by atoms with Crippen molar-refractivity contribution in [2.24, 2.45) is 0 Å². The molecular weight excluding hydrogens is 332 g/mol. The molecule has 2 unspecified atom stereocenters. The Morgan fingerprint density at radius 1 is 1.23 bits per heavy atom. The molecule has 26 heavy (non-hydrogen) atoms. The fraction of sp³-hybridized carbons (Fsp3) is 0.600. The van der Waals surface area contributed by atoms with Crippen molar-refractivity contribution < 1.29 is 19.4 Å². The van der Waals surface area contributed by atoms with Crippen LogP contribution in [0.4, 0.5) is 4.79 Å². The molecule has 2 N–H and O–H groups in total. The van der Waals surface area contributed by atoms with Gasteiger partial charge in [0, 0.05) is 0 Å². The van der Waals surface area contributed by atoms with E-state index in [9.17, 15) is 14.7 Å². The lowest BCUT2D eigenvalue weighted by molar-refractivity contribution is -0.132. The smallest absolute Gasteiger partial charge is 0.325 e. The van der Waals surface area contributed by atoms with E-state index in [1.165, 1.54) is 5.56 Å². The van der Waals surface area contributed by atoms with E-state index in [2.05, 4.69) is 26.1 Å². The van der Waals surface area contributed by atoms with Crippen LogP contribution in [0.5, 0.6) is 5.75 Å². The van der Waals surface area contributed by atoms with Crippen LogP contribution in [0.25, 0.3) is 0 Å². The summed E-state index contributed by atoms with van der Waals surface area (Å²) in [5, 5.41) is 12.9. The zero-order valence-electron chi connectivity index (χ0n) is 16.3. The monoisotopic (exact) mass is 362 g/mol. The van der Waals surface area contributed by atoms with E-state index in [0.29, 0.717) is 12.2 Å². The van der Waals surface area contributed by atoms with Gasteiger partial charge in [0.05, 0.1) is 6.54 Å². The summed E-state index contributed by atoms with van der Waals surface area (Å²) < 4.78 is 5.60. The fourth-order valence-electron chi connectivity index (χ4n) is 3.09. The van der Waals surface area contributed by atoms with Gasteiger partial charge in [-0.25, -0.2) is 4.79 Å². The first kappa shape index (κ1) is 20.2. The second-order valence-electron chi connectivity index (χ2n) is 8.17. The van der Waals surface area contributed by atoms with Crippen LogP contribution in [0, 0.1) is 0 Å². The molecule has 3 amide bonds. The number of aliphatic hydroxyl groups excluding tert-OH is 1. The Labute approximate surface area is 155 Å². The highest BCUT2D eigenvalue weighted by Gasteiger charge is 2.47. The van der Waals surface area contributed by atoms with E-state index in [4.69, 9.17) is 4.74 Å². The van der Waals surface area contributed by atoms with Crippen molar-refractivity contribution in [3.63, 3.8) is 0 Å². The van der Waals surface area contributed by atoms with Gasteiger partial charge < -0.3 is 15.2 Å². The van der Waals surface area contributed by atoms with Crippen LogP contribution in [-0.2, 0) is 10.2 Å². The SMILES string of the molecule is CCCC1(C)NC(=O)N(CC(O)COc2ccc(C(C)(C)C)cc2)C1=O. The predicted octanol–water partition coefficient (Wildman–Crippen LogP) is 2.83. The largest absolute Gasteiger partial charge is 0.491 e. The molecule has 1 aliphatic heterocycles. The maximum absolute atomic E-state index is 12.5. The van der Waals surface area contributed by atoms with Gasteiger partial charge in [-0.3, -0.25) is 9.69 Å². The Hall–Kier alpha value is -2.08. The van der Waals surface area contributed by atoms with Crippen molar-refractivity contribution in [3.05, 3.63) is 29.8 Å². The van der Waals surface area contributed by atoms with Crippen molar-refractivity contribution in [3.8, 4) is 5.75 Å². The molecule has 6 heteroatoms. The Morgan fingerprint density at radius 2 is 1.85 bits per heavy atom. The Kier molecular flexibility index (Phi) is 5.96. The summed E-state index contributed by atoms with van der Waals surface area (Å²) in [6, 6.07) is 7.25. The van der Waals surface area contributed by atoms with Crippen molar-refractivity contribution in [1.29, 1.82) is 0 Å². The molecule has 2 atom stereocenters. The van der Waals surface area contributed by atoms with Gasteiger partial charge in [-0.05, 0) is 36.5 Å². The third-order valence-corrected chi connectivity index (χ3v) is 4.65. The van der Waals surface area contributed by atoms with Crippen LogP contribution in [0.15, 0.2) is 24.3 Å². The maximum Gasteiger partial charge on any atom is 0.325 e. The van der Waals surface area contributed by atoms with Crippen LogP contribution < -0.4 is 10.1 Å². The molecule has 0 aromatic heterocycles. The van der Waals surface area contributed by atoms with Gasteiger partial charge in [-0.15, -0.1) is 0 Å². The van der Waals surface area contributed by atoms with E-state index in [-0.39, 0.29) is 24.5 Å². The first-order chi connectivity index (χ1) is 12.1. The highest BCUT2D eigenvalue weighted by atomic mass is 16.5. The molecule has 6 nitrogen and oxygen atoms in total. The number of imide groups is 1. The molecule has 1 aromatic rings. The topological polar surface area (TPSA) is 78.9 Å². The number of nitrogens with one attached hydrogen (secondary N) is 1. The van der Waals surface area contributed by atoms with E-state index in [1.54, 1.807) is 6.92 Å². The van der Waals surface area contributed by atoms with E-state index in [1.807, 2.05) is 31.2 Å². The summed E-state index contributed by atoms with van der Waals surface area (Å²) in [7, 11) is 0. The van der Waals surface area contributed by atoms with Gasteiger partial charge in [0.15, 0.2) is 0 Å². The summed E-state index contributed by atoms with van der Waals surface area (Å²) in [5.74, 6) is 0.350. The third kappa shape index (κ3) is 4.55. The second-order valence-corrected chi connectivity index (χ2v) is 8.17. The van der Waals surface area contributed by atoms with E-state index in [0.717, 1.165) is 11.3 Å². The van der Waals surface area contributed by atoms with E-state index < -0.39 is 17.7 Å². The van der Waals surface area contributed by atoms with Gasteiger partial charge in [0.2, 0.25) is 0 Å². The number of hydrogen-bond donors (Lipinski definition) is 2. The van der Waals surface area contributed by atoms with Gasteiger partial charge in [0.1, 0.15) is 24.0 Å². The molecule has 1 heterocycles. The minimum absolute atomic E-state index is 0.0103. The van der Waals surface area contributed by atoms with Crippen LogP contribution in [-0.4, -0.2) is 46.7 Å². The van der Waals surface area contributed by atoms with Crippen molar-refractivity contribution in [2.45, 2.75) is 64.5 Å². The van der Waals surface area contributed by atoms with Crippen molar-refractivity contribution in [1.82, 2.24) is 10.2 Å². The number of aliphatic hydroxyl groups is 1. The third-order valence-electron chi connectivity index (χ3n) is 4.65.